The number of benzene rings is 1. The zero-order chi connectivity index (χ0) is 15.4. The van der Waals surface area contributed by atoms with Crippen molar-refractivity contribution in [3.8, 4) is 0 Å². The molecule has 0 spiro atoms. The predicted molar refractivity (Wildman–Crippen MR) is 88.2 cm³/mol. The highest BCUT2D eigenvalue weighted by Crippen LogP contribution is 2.22. The van der Waals surface area contributed by atoms with Gasteiger partial charge < -0.3 is 15.0 Å². The van der Waals surface area contributed by atoms with Crippen molar-refractivity contribution in [3.63, 3.8) is 0 Å². The Morgan fingerprint density at radius 3 is 2.82 bits per heavy atom. The van der Waals surface area contributed by atoms with Crippen LogP contribution in [0.1, 0.15) is 38.2 Å². The third kappa shape index (κ3) is 3.61. The lowest BCUT2D eigenvalue weighted by Gasteiger charge is -2.34. The van der Waals surface area contributed by atoms with E-state index in [-0.39, 0.29) is 12.0 Å². The molecule has 3 rings (SSSR count). The van der Waals surface area contributed by atoms with Crippen molar-refractivity contribution in [2.75, 3.05) is 24.6 Å². The Bertz CT molecular complexity index is 504. The van der Waals surface area contributed by atoms with E-state index in [2.05, 4.69) is 41.4 Å². The van der Waals surface area contributed by atoms with Gasteiger partial charge in [0.1, 0.15) is 6.10 Å². The molecule has 1 amide bonds. The SMILES string of the molecule is CCc1cccc(N2CCC(NC(=O)[C@H]3CCCO3)CC2)c1. The average molecular weight is 302 g/mol. The van der Waals surface area contributed by atoms with Crippen LogP contribution in [-0.2, 0) is 16.0 Å². The largest absolute Gasteiger partial charge is 0.371 e. The maximum atomic E-state index is 12.1. The Labute approximate surface area is 132 Å². The van der Waals surface area contributed by atoms with Crippen LogP contribution in [-0.4, -0.2) is 37.7 Å². The number of nitrogens with zero attached hydrogens (tertiary/aromatic N) is 1. The second-order valence-corrected chi connectivity index (χ2v) is 6.30. The van der Waals surface area contributed by atoms with Crippen molar-refractivity contribution in [1.82, 2.24) is 5.32 Å². The van der Waals surface area contributed by atoms with E-state index in [0.29, 0.717) is 6.04 Å². The summed E-state index contributed by atoms with van der Waals surface area (Å²) in [5, 5.41) is 3.16. The summed E-state index contributed by atoms with van der Waals surface area (Å²) >= 11 is 0. The van der Waals surface area contributed by atoms with E-state index >= 15 is 0 Å². The Kier molecular flexibility index (Phi) is 4.98. The number of carbonyl (C=O) groups excluding carboxylic acids is 1. The van der Waals surface area contributed by atoms with Gasteiger partial charge in [-0.2, -0.15) is 0 Å². The molecule has 1 atom stereocenters. The number of anilines is 1. The molecule has 4 nitrogen and oxygen atoms in total. The third-order valence-corrected chi connectivity index (χ3v) is 4.75. The van der Waals surface area contributed by atoms with Gasteiger partial charge in [0, 0.05) is 31.4 Å². The Hall–Kier alpha value is -1.55. The van der Waals surface area contributed by atoms with Gasteiger partial charge in [0.25, 0.3) is 0 Å². The molecular weight excluding hydrogens is 276 g/mol. The van der Waals surface area contributed by atoms with Crippen LogP contribution < -0.4 is 10.2 Å². The molecular formula is C18H26N2O2. The molecule has 2 aliphatic rings. The number of carbonyl (C=O) groups is 1. The fourth-order valence-electron chi connectivity index (χ4n) is 3.33. The van der Waals surface area contributed by atoms with Crippen molar-refractivity contribution in [1.29, 1.82) is 0 Å². The van der Waals surface area contributed by atoms with Gasteiger partial charge in [0.2, 0.25) is 5.91 Å². The number of ether oxygens (including phenoxy) is 1. The molecule has 1 aromatic carbocycles. The van der Waals surface area contributed by atoms with Crippen LogP contribution in [0.3, 0.4) is 0 Å². The number of hydrogen-bond donors (Lipinski definition) is 1. The van der Waals surface area contributed by atoms with E-state index < -0.39 is 0 Å². The van der Waals surface area contributed by atoms with E-state index in [1.807, 2.05) is 0 Å². The van der Waals surface area contributed by atoms with Gasteiger partial charge in [-0.05, 0) is 49.8 Å². The summed E-state index contributed by atoms with van der Waals surface area (Å²) < 4.78 is 5.45. The van der Waals surface area contributed by atoms with Gasteiger partial charge in [-0.15, -0.1) is 0 Å². The molecule has 0 aromatic heterocycles. The van der Waals surface area contributed by atoms with E-state index in [1.165, 1.54) is 11.3 Å². The second kappa shape index (κ2) is 7.14. The van der Waals surface area contributed by atoms with Crippen molar-refractivity contribution >= 4 is 11.6 Å². The molecule has 120 valence electrons. The number of hydrogen-bond acceptors (Lipinski definition) is 3. The highest BCUT2D eigenvalue weighted by Gasteiger charge is 2.27. The number of aryl methyl sites for hydroxylation is 1. The fraction of sp³-hybridized carbons (Fsp3) is 0.611. The highest BCUT2D eigenvalue weighted by atomic mass is 16.5. The second-order valence-electron chi connectivity index (χ2n) is 6.30. The summed E-state index contributed by atoms with van der Waals surface area (Å²) in [6, 6.07) is 9.08. The van der Waals surface area contributed by atoms with Crippen LogP contribution >= 0.6 is 0 Å². The summed E-state index contributed by atoms with van der Waals surface area (Å²) in [7, 11) is 0. The average Bonchev–Trinajstić information content (AvgIpc) is 3.10. The highest BCUT2D eigenvalue weighted by molar-refractivity contribution is 5.81. The lowest BCUT2D eigenvalue weighted by molar-refractivity contribution is -0.130. The topological polar surface area (TPSA) is 41.6 Å². The van der Waals surface area contributed by atoms with E-state index in [4.69, 9.17) is 4.74 Å². The minimum Gasteiger partial charge on any atom is -0.371 e. The Morgan fingerprint density at radius 2 is 2.14 bits per heavy atom. The maximum absolute atomic E-state index is 12.1. The number of piperidine rings is 1. The number of nitrogens with one attached hydrogen (secondary N) is 1. The van der Waals surface area contributed by atoms with Gasteiger partial charge in [-0.3, -0.25) is 4.79 Å². The van der Waals surface area contributed by atoms with E-state index in [1.54, 1.807) is 0 Å². The summed E-state index contributed by atoms with van der Waals surface area (Å²) in [5.74, 6) is 0.0870. The van der Waals surface area contributed by atoms with Crippen molar-refractivity contribution in [2.24, 2.45) is 0 Å². The first kappa shape index (κ1) is 15.3. The lowest BCUT2D eigenvalue weighted by Crippen LogP contribution is -2.47. The van der Waals surface area contributed by atoms with Crippen molar-refractivity contribution in [3.05, 3.63) is 29.8 Å². The van der Waals surface area contributed by atoms with Crippen LogP contribution in [0.2, 0.25) is 0 Å². The van der Waals surface area contributed by atoms with Gasteiger partial charge in [-0.1, -0.05) is 19.1 Å². The number of rotatable bonds is 4. The maximum Gasteiger partial charge on any atom is 0.249 e. The molecule has 2 aliphatic heterocycles. The molecule has 2 fully saturated rings. The first-order chi connectivity index (χ1) is 10.8. The molecule has 0 aliphatic carbocycles. The van der Waals surface area contributed by atoms with E-state index in [9.17, 15) is 4.79 Å². The van der Waals surface area contributed by atoms with Gasteiger partial charge >= 0.3 is 0 Å². The molecule has 1 aromatic rings. The molecule has 0 unspecified atom stereocenters. The Balaban J connectivity index is 1.50. The van der Waals surface area contributed by atoms with Crippen molar-refractivity contribution in [2.45, 2.75) is 51.2 Å². The molecule has 4 heteroatoms. The van der Waals surface area contributed by atoms with Gasteiger partial charge in [0.15, 0.2) is 0 Å². The minimum absolute atomic E-state index is 0.0870. The van der Waals surface area contributed by atoms with Crippen molar-refractivity contribution < 1.29 is 9.53 Å². The lowest BCUT2D eigenvalue weighted by atomic mass is 10.0. The smallest absolute Gasteiger partial charge is 0.249 e. The molecule has 0 bridgehead atoms. The van der Waals surface area contributed by atoms with Gasteiger partial charge in [0.05, 0.1) is 0 Å². The normalized spacial score (nSPS) is 22.8. The molecule has 2 heterocycles. The Morgan fingerprint density at radius 1 is 1.32 bits per heavy atom. The first-order valence-electron chi connectivity index (χ1n) is 8.52. The van der Waals surface area contributed by atoms with Crippen LogP contribution in [0.5, 0.6) is 0 Å². The van der Waals surface area contributed by atoms with Gasteiger partial charge in [-0.25, -0.2) is 0 Å². The molecule has 2 saturated heterocycles. The predicted octanol–water partition coefficient (Wildman–Crippen LogP) is 2.51. The monoisotopic (exact) mass is 302 g/mol. The summed E-state index contributed by atoms with van der Waals surface area (Å²) in [5.41, 5.74) is 2.69. The minimum atomic E-state index is -0.209. The third-order valence-electron chi connectivity index (χ3n) is 4.75. The van der Waals surface area contributed by atoms with E-state index in [0.717, 1.165) is 51.8 Å². The van der Waals surface area contributed by atoms with Crippen LogP contribution in [0.15, 0.2) is 24.3 Å². The van der Waals surface area contributed by atoms with Crippen LogP contribution in [0.25, 0.3) is 0 Å². The summed E-state index contributed by atoms with van der Waals surface area (Å²) in [4.78, 5) is 14.5. The zero-order valence-corrected chi connectivity index (χ0v) is 13.4. The standard InChI is InChI=1S/C18H26N2O2/c1-2-14-5-3-6-16(13-14)20-10-8-15(9-11-20)19-18(21)17-7-4-12-22-17/h3,5-6,13,15,17H,2,4,7-12H2,1H3,(H,19,21)/t17-/m1/s1. The first-order valence-corrected chi connectivity index (χ1v) is 8.52. The fourth-order valence-corrected chi connectivity index (χ4v) is 3.33. The van der Waals surface area contributed by atoms with Crippen LogP contribution in [0.4, 0.5) is 5.69 Å². The molecule has 0 saturated carbocycles. The van der Waals surface area contributed by atoms with Crippen LogP contribution in [0, 0.1) is 0 Å². The molecule has 22 heavy (non-hydrogen) atoms. The molecule has 0 radical (unpaired) electrons. The summed E-state index contributed by atoms with van der Waals surface area (Å²) in [6.07, 6.45) is 4.75. The molecule has 1 N–H and O–H groups in total. The zero-order valence-electron chi connectivity index (χ0n) is 13.4. The summed E-state index contributed by atoms with van der Waals surface area (Å²) in [6.45, 7) is 4.92. The quantitative estimate of drug-likeness (QED) is 0.929. The number of amides is 1.